The minimum atomic E-state index is -1.62. The Morgan fingerprint density at radius 3 is 2.63 bits per heavy atom. The van der Waals surface area contributed by atoms with E-state index in [1.54, 1.807) is 25.3 Å². The number of carboxylic acids is 1. The molecule has 0 aliphatic heterocycles. The Morgan fingerprint density at radius 2 is 2.11 bits per heavy atom. The second-order valence-corrected chi connectivity index (χ2v) is 3.87. The van der Waals surface area contributed by atoms with Gasteiger partial charge in [-0.1, -0.05) is 0 Å². The van der Waals surface area contributed by atoms with Gasteiger partial charge in [0.05, 0.1) is 13.7 Å². The predicted octanol–water partition coefficient (Wildman–Crippen LogP) is 0.571. The monoisotopic (exact) mass is 268 g/mol. The first-order valence-corrected chi connectivity index (χ1v) is 5.54. The average Bonchev–Trinajstić information content (AvgIpc) is 2.36. The van der Waals surface area contributed by atoms with Crippen molar-refractivity contribution in [2.75, 3.05) is 19.0 Å². The van der Waals surface area contributed by atoms with Gasteiger partial charge in [0.1, 0.15) is 5.75 Å². The Kier molecular flexibility index (Phi) is 5.13. The summed E-state index contributed by atoms with van der Waals surface area (Å²) in [4.78, 5) is 21.8. The SMILES string of the molecule is COc1ccc(NC(=O)NCC(O)C(=O)O)cc1C. The van der Waals surface area contributed by atoms with Crippen molar-refractivity contribution in [2.24, 2.45) is 0 Å². The molecule has 104 valence electrons. The molecule has 0 saturated carbocycles. The predicted molar refractivity (Wildman–Crippen MR) is 68.4 cm³/mol. The molecule has 0 spiro atoms. The van der Waals surface area contributed by atoms with Crippen LogP contribution in [0.15, 0.2) is 18.2 Å². The van der Waals surface area contributed by atoms with E-state index in [-0.39, 0.29) is 6.54 Å². The van der Waals surface area contributed by atoms with E-state index in [1.807, 2.05) is 6.92 Å². The number of rotatable bonds is 5. The van der Waals surface area contributed by atoms with Gasteiger partial charge in [-0.25, -0.2) is 9.59 Å². The topological polar surface area (TPSA) is 108 Å². The molecule has 2 amide bonds. The molecule has 0 aliphatic rings. The smallest absolute Gasteiger partial charge is 0.334 e. The molecular formula is C12H16N2O5. The summed E-state index contributed by atoms with van der Waals surface area (Å²) < 4.78 is 5.08. The van der Waals surface area contributed by atoms with Gasteiger partial charge in [0, 0.05) is 5.69 Å². The number of carbonyl (C=O) groups is 2. The third kappa shape index (κ3) is 4.47. The highest BCUT2D eigenvalue weighted by molar-refractivity contribution is 5.89. The van der Waals surface area contributed by atoms with Gasteiger partial charge < -0.3 is 25.6 Å². The summed E-state index contributed by atoms with van der Waals surface area (Å²) in [5, 5.41) is 22.2. The lowest BCUT2D eigenvalue weighted by Gasteiger charge is -2.11. The first-order valence-electron chi connectivity index (χ1n) is 5.54. The quantitative estimate of drug-likeness (QED) is 0.624. The zero-order valence-corrected chi connectivity index (χ0v) is 10.6. The minimum Gasteiger partial charge on any atom is -0.496 e. The molecule has 7 nitrogen and oxygen atoms in total. The lowest BCUT2D eigenvalue weighted by atomic mass is 10.2. The number of ether oxygens (including phenoxy) is 1. The Hall–Kier alpha value is -2.28. The number of aryl methyl sites for hydroxylation is 1. The molecule has 0 fully saturated rings. The second-order valence-electron chi connectivity index (χ2n) is 3.87. The largest absolute Gasteiger partial charge is 0.496 e. The molecule has 0 aromatic heterocycles. The molecule has 1 aromatic carbocycles. The minimum absolute atomic E-state index is 0.365. The van der Waals surface area contributed by atoms with Gasteiger partial charge in [0.25, 0.3) is 0 Å². The van der Waals surface area contributed by atoms with Crippen LogP contribution in [0.1, 0.15) is 5.56 Å². The molecule has 19 heavy (non-hydrogen) atoms. The number of methoxy groups -OCH3 is 1. The van der Waals surface area contributed by atoms with Crippen LogP contribution in [-0.2, 0) is 4.79 Å². The summed E-state index contributed by atoms with van der Waals surface area (Å²) in [7, 11) is 1.55. The van der Waals surface area contributed by atoms with Crippen LogP contribution in [0.4, 0.5) is 10.5 Å². The third-order valence-corrected chi connectivity index (χ3v) is 2.39. The van der Waals surface area contributed by atoms with Crippen LogP contribution in [0.2, 0.25) is 0 Å². The van der Waals surface area contributed by atoms with Gasteiger partial charge in [-0.2, -0.15) is 0 Å². The number of amides is 2. The number of anilines is 1. The third-order valence-electron chi connectivity index (χ3n) is 2.39. The molecule has 7 heteroatoms. The first-order chi connectivity index (χ1) is 8.93. The van der Waals surface area contributed by atoms with Crippen molar-refractivity contribution in [3.8, 4) is 5.75 Å². The number of aliphatic carboxylic acids is 1. The van der Waals surface area contributed by atoms with Crippen LogP contribution >= 0.6 is 0 Å². The number of hydrogen-bond acceptors (Lipinski definition) is 4. The maximum Gasteiger partial charge on any atom is 0.334 e. The van der Waals surface area contributed by atoms with E-state index in [1.165, 1.54) is 0 Å². The van der Waals surface area contributed by atoms with E-state index in [4.69, 9.17) is 14.9 Å². The van der Waals surface area contributed by atoms with Crippen LogP contribution in [0.3, 0.4) is 0 Å². The number of aliphatic hydroxyl groups excluding tert-OH is 1. The molecule has 1 aromatic rings. The first kappa shape index (κ1) is 14.8. The molecule has 1 rings (SSSR count). The molecular weight excluding hydrogens is 252 g/mol. The van der Waals surface area contributed by atoms with Crippen molar-refractivity contribution < 1.29 is 24.5 Å². The summed E-state index contributed by atoms with van der Waals surface area (Å²) in [5.41, 5.74) is 1.39. The van der Waals surface area contributed by atoms with E-state index < -0.39 is 18.1 Å². The maximum atomic E-state index is 11.4. The highest BCUT2D eigenvalue weighted by atomic mass is 16.5. The van der Waals surface area contributed by atoms with Crippen molar-refractivity contribution in [3.05, 3.63) is 23.8 Å². The summed E-state index contributed by atoms with van der Waals surface area (Å²) in [6.45, 7) is 1.46. The number of urea groups is 1. The standard InChI is InChI=1S/C12H16N2O5/c1-7-5-8(3-4-10(7)19-2)14-12(18)13-6-9(15)11(16)17/h3-5,9,15H,6H2,1-2H3,(H,16,17)(H2,13,14,18). The van der Waals surface area contributed by atoms with E-state index in [0.29, 0.717) is 11.4 Å². The van der Waals surface area contributed by atoms with E-state index in [0.717, 1.165) is 5.56 Å². The Balaban J connectivity index is 2.53. The number of benzene rings is 1. The second kappa shape index (κ2) is 6.60. The molecule has 0 bridgehead atoms. The van der Waals surface area contributed by atoms with Gasteiger partial charge >= 0.3 is 12.0 Å². The van der Waals surface area contributed by atoms with Crippen LogP contribution in [0.25, 0.3) is 0 Å². The molecule has 0 saturated heterocycles. The summed E-state index contributed by atoms with van der Waals surface area (Å²) in [5.74, 6) is -0.687. The number of carbonyl (C=O) groups excluding carboxylic acids is 1. The summed E-state index contributed by atoms with van der Waals surface area (Å²) >= 11 is 0. The van der Waals surface area contributed by atoms with Crippen LogP contribution in [-0.4, -0.2) is 42.0 Å². The molecule has 0 heterocycles. The van der Waals surface area contributed by atoms with Gasteiger partial charge in [-0.15, -0.1) is 0 Å². The van der Waals surface area contributed by atoms with Crippen molar-refractivity contribution >= 4 is 17.7 Å². The number of nitrogens with one attached hydrogen (secondary N) is 2. The van der Waals surface area contributed by atoms with Crippen molar-refractivity contribution in [3.63, 3.8) is 0 Å². The lowest BCUT2D eigenvalue weighted by Crippen LogP contribution is -2.38. The van der Waals surface area contributed by atoms with Gasteiger partial charge in [0.2, 0.25) is 0 Å². The van der Waals surface area contributed by atoms with E-state index >= 15 is 0 Å². The number of carboxylic acid groups (broad SMARTS) is 1. The molecule has 1 unspecified atom stereocenters. The highest BCUT2D eigenvalue weighted by Crippen LogP contribution is 2.21. The summed E-state index contributed by atoms with van der Waals surface area (Å²) in [6, 6.07) is 4.48. The Labute approximate surface area is 110 Å². The lowest BCUT2D eigenvalue weighted by molar-refractivity contribution is -0.146. The fraction of sp³-hybridized carbons (Fsp3) is 0.333. The molecule has 1 atom stereocenters. The number of hydrogen-bond donors (Lipinski definition) is 4. The van der Waals surface area contributed by atoms with Crippen molar-refractivity contribution in [2.45, 2.75) is 13.0 Å². The van der Waals surface area contributed by atoms with E-state index in [9.17, 15) is 9.59 Å². The normalized spacial score (nSPS) is 11.5. The molecule has 0 aliphatic carbocycles. The maximum absolute atomic E-state index is 11.4. The Bertz CT molecular complexity index is 475. The molecule has 4 N–H and O–H groups in total. The van der Waals surface area contributed by atoms with Gasteiger partial charge in [-0.3, -0.25) is 0 Å². The van der Waals surface area contributed by atoms with Crippen molar-refractivity contribution in [1.29, 1.82) is 0 Å². The fourth-order valence-electron chi connectivity index (χ4n) is 1.41. The van der Waals surface area contributed by atoms with Crippen LogP contribution in [0.5, 0.6) is 5.75 Å². The molecule has 0 radical (unpaired) electrons. The van der Waals surface area contributed by atoms with Gasteiger partial charge in [-0.05, 0) is 30.7 Å². The number of aliphatic hydroxyl groups is 1. The fourth-order valence-corrected chi connectivity index (χ4v) is 1.41. The van der Waals surface area contributed by atoms with Crippen LogP contribution < -0.4 is 15.4 Å². The zero-order chi connectivity index (χ0) is 14.4. The van der Waals surface area contributed by atoms with Gasteiger partial charge in [0.15, 0.2) is 6.10 Å². The van der Waals surface area contributed by atoms with Crippen molar-refractivity contribution in [1.82, 2.24) is 5.32 Å². The zero-order valence-electron chi connectivity index (χ0n) is 10.6. The van der Waals surface area contributed by atoms with Crippen LogP contribution in [0, 0.1) is 6.92 Å². The highest BCUT2D eigenvalue weighted by Gasteiger charge is 2.14. The Morgan fingerprint density at radius 1 is 1.42 bits per heavy atom. The van der Waals surface area contributed by atoms with E-state index in [2.05, 4.69) is 10.6 Å². The average molecular weight is 268 g/mol. The summed E-state index contributed by atoms with van der Waals surface area (Å²) in [6.07, 6.45) is -1.62.